The van der Waals surface area contributed by atoms with Crippen LogP contribution >= 0.6 is 0 Å². The van der Waals surface area contributed by atoms with Crippen LogP contribution in [0.2, 0.25) is 0 Å². The molecule has 3 aromatic rings. The first kappa shape index (κ1) is 20.6. The van der Waals surface area contributed by atoms with Crippen molar-refractivity contribution in [1.82, 2.24) is 9.88 Å². The van der Waals surface area contributed by atoms with E-state index in [0.29, 0.717) is 11.5 Å². The van der Waals surface area contributed by atoms with E-state index in [1.165, 1.54) is 6.07 Å². The number of amides is 1. The van der Waals surface area contributed by atoms with Crippen LogP contribution in [0.4, 0.5) is 4.79 Å². The number of nitrogens with one attached hydrogen (secondary N) is 1. The van der Waals surface area contributed by atoms with Gasteiger partial charge in [-0.2, -0.15) is 0 Å². The van der Waals surface area contributed by atoms with Crippen molar-refractivity contribution in [3.63, 3.8) is 0 Å². The van der Waals surface area contributed by atoms with Gasteiger partial charge in [0.05, 0.1) is 5.56 Å². The molecule has 0 unspecified atom stereocenters. The number of aromatic nitrogens is 1. The fourth-order valence-corrected chi connectivity index (χ4v) is 3.87. The standard InChI is InChI=1S/C23H24N2O6/c1-12-9-18-16(11-20(24-18)31-23(28)29)13(2)21(12)30-15-7-8-19(26)17(10-15)22(27)25(3)14-5-4-6-14/h7-11,14,24,26H,4-6H2,1-3H3,(H,28,29). The number of phenolic OH excluding ortho intramolecular Hbond substituents is 1. The Morgan fingerprint density at radius 3 is 2.55 bits per heavy atom. The van der Waals surface area contributed by atoms with Crippen molar-refractivity contribution < 1.29 is 29.3 Å². The van der Waals surface area contributed by atoms with Crippen molar-refractivity contribution in [1.29, 1.82) is 0 Å². The van der Waals surface area contributed by atoms with Crippen LogP contribution in [0, 0.1) is 13.8 Å². The Kier molecular flexibility index (Phi) is 5.22. The van der Waals surface area contributed by atoms with Gasteiger partial charge >= 0.3 is 6.16 Å². The van der Waals surface area contributed by atoms with Gasteiger partial charge in [-0.25, -0.2) is 4.79 Å². The molecular weight excluding hydrogens is 400 g/mol. The summed E-state index contributed by atoms with van der Waals surface area (Å²) in [5.41, 5.74) is 2.53. The Morgan fingerprint density at radius 1 is 1.16 bits per heavy atom. The number of ether oxygens (including phenoxy) is 2. The van der Waals surface area contributed by atoms with Gasteiger partial charge in [-0.05, 0) is 62.9 Å². The van der Waals surface area contributed by atoms with Crippen LogP contribution in [0.1, 0.15) is 40.7 Å². The number of nitrogens with zero attached hydrogens (tertiary/aromatic N) is 1. The number of hydrogen-bond acceptors (Lipinski definition) is 5. The lowest BCUT2D eigenvalue weighted by Gasteiger charge is -2.34. The third-order valence-corrected chi connectivity index (χ3v) is 5.85. The van der Waals surface area contributed by atoms with Gasteiger partial charge < -0.3 is 29.6 Å². The molecule has 1 heterocycles. The molecule has 31 heavy (non-hydrogen) atoms. The molecular formula is C23H24N2O6. The van der Waals surface area contributed by atoms with Crippen LogP contribution in [-0.4, -0.2) is 45.2 Å². The predicted molar refractivity (Wildman–Crippen MR) is 114 cm³/mol. The summed E-state index contributed by atoms with van der Waals surface area (Å²) in [6.07, 6.45) is 1.66. The third kappa shape index (κ3) is 3.88. The van der Waals surface area contributed by atoms with Crippen molar-refractivity contribution >= 4 is 23.0 Å². The van der Waals surface area contributed by atoms with Crippen LogP contribution in [0.25, 0.3) is 10.9 Å². The van der Waals surface area contributed by atoms with Gasteiger partial charge in [0.25, 0.3) is 5.91 Å². The Labute approximate surface area is 179 Å². The van der Waals surface area contributed by atoms with E-state index < -0.39 is 6.16 Å². The van der Waals surface area contributed by atoms with E-state index in [4.69, 9.17) is 14.6 Å². The number of carbonyl (C=O) groups is 2. The fraction of sp³-hybridized carbons (Fsp3) is 0.304. The second-order valence-corrected chi connectivity index (χ2v) is 7.89. The number of rotatable bonds is 5. The van der Waals surface area contributed by atoms with Crippen LogP contribution in [0.5, 0.6) is 23.1 Å². The highest BCUT2D eigenvalue weighted by molar-refractivity contribution is 5.97. The highest BCUT2D eigenvalue weighted by Crippen LogP contribution is 2.37. The summed E-state index contributed by atoms with van der Waals surface area (Å²) < 4.78 is 10.8. The summed E-state index contributed by atoms with van der Waals surface area (Å²) in [7, 11) is 1.75. The van der Waals surface area contributed by atoms with E-state index in [1.807, 2.05) is 19.9 Å². The molecule has 0 atom stereocenters. The molecule has 1 aliphatic rings. The maximum Gasteiger partial charge on any atom is 0.512 e. The van der Waals surface area contributed by atoms with E-state index in [1.54, 1.807) is 30.1 Å². The van der Waals surface area contributed by atoms with Gasteiger partial charge in [0.15, 0.2) is 0 Å². The minimum Gasteiger partial charge on any atom is -0.507 e. The summed E-state index contributed by atoms with van der Waals surface area (Å²) in [5.74, 6) is 0.806. The average molecular weight is 424 g/mol. The molecule has 1 amide bonds. The molecule has 0 bridgehead atoms. The largest absolute Gasteiger partial charge is 0.512 e. The first-order valence-electron chi connectivity index (χ1n) is 10.1. The van der Waals surface area contributed by atoms with Crippen molar-refractivity contribution in [2.75, 3.05) is 7.05 Å². The number of aryl methyl sites for hydroxylation is 2. The molecule has 1 aliphatic carbocycles. The summed E-state index contributed by atoms with van der Waals surface area (Å²) in [6, 6.07) is 8.25. The van der Waals surface area contributed by atoms with Gasteiger partial charge in [-0.3, -0.25) is 4.79 Å². The van der Waals surface area contributed by atoms with Crippen molar-refractivity contribution in [3.8, 4) is 23.1 Å². The molecule has 0 spiro atoms. The number of hydrogen-bond donors (Lipinski definition) is 3. The number of aromatic amines is 1. The van der Waals surface area contributed by atoms with E-state index in [0.717, 1.165) is 41.3 Å². The van der Waals surface area contributed by atoms with Crippen LogP contribution in [-0.2, 0) is 0 Å². The molecule has 4 rings (SSSR count). The zero-order valence-electron chi connectivity index (χ0n) is 17.6. The van der Waals surface area contributed by atoms with Gasteiger partial charge in [-0.15, -0.1) is 0 Å². The number of phenols is 1. The molecule has 0 radical (unpaired) electrons. The minimum absolute atomic E-state index is 0.0893. The number of benzene rings is 2. The highest BCUT2D eigenvalue weighted by atomic mass is 16.7. The predicted octanol–water partition coefficient (Wildman–Crippen LogP) is 4.96. The number of carbonyl (C=O) groups excluding carboxylic acids is 1. The van der Waals surface area contributed by atoms with Crippen LogP contribution in [0.15, 0.2) is 30.3 Å². The molecule has 3 N–H and O–H groups in total. The topological polar surface area (TPSA) is 112 Å². The molecule has 1 aromatic heterocycles. The lowest BCUT2D eigenvalue weighted by molar-refractivity contribution is 0.0648. The zero-order chi connectivity index (χ0) is 22.3. The number of carboxylic acid groups (broad SMARTS) is 1. The average Bonchev–Trinajstić information content (AvgIpc) is 3.06. The molecule has 0 saturated heterocycles. The maximum absolute atomic E-state index is 12.8. The van der Waals surface area contributed by atoms with Crippen LogP contribution < -0.4 is 9.47 Å². The monoisotopic (exact) mass is 424 g/mol. The summed E-state index contributed by atoms with van der Waals surface area (Å²) in [4.78, 5) is 28.3. The van der Waals surface area contributed by atoms with Gasteiger partial charge in [-0.1, -0.05) is 0 Å². The lowest BCUT2D eigenvalue weighted by atomic mass is 9.91. The van der Waals surface area contributed by atoms with Gasteiger partial charge in [0.2, 0.25) is 5.88 Å². The number of H-pyrrole nitrogens is 1. The Bertz CT molecular complexity index is 1180. The van der Waals surface area contributed by atoms with E-state index in [-0.39, 0.29) is 29.1 Å². The second-order valence-electron chi connectivity index (χ2n) is 7.89. The smallest absolute Gasteiger partial charge is 0.507 e. The SMILES string of the molecule is Cc1cc2[nH]c(OC(=O)O)cc2c(C)c1Oc1ccc(O)c(C(=O)N(C)C2CCC2)c1. The quantitative estimate of drug-likeness (QED) is 0.499. The first-order chi connectivity index (χ1) is 14.7. The third-order valence-electron chi connectivity index (χ3n) is 5.85. The summed E-state index contributed by atoms with van der Waals surface area (Å²) in [5, 5.41) is 19.8. The van der Waals surface area contributed by atoms with Gasteiger partial charge in [0, 0.05) is 35.6 Å². The van der Waals surface area contributed by atoms with Crippen molar-refractivity contribution in [2.24, 2.45) is 0 Å². The van der Waals surface area contributed by atoms with E-state index >= 15 is 0 Å². The summed E-state index contributed by atoms with van der Waals surface area (Å²) in [6.45, 7) is 3.73. The zero-order valence-corrected chi connectivity index (χ0v) is 17.6. The Hall–Kier alpha value is -3.68. The molecule has 8 heteroatoms. The van der Waals surface area contributed by atoms with E-state index in [2.05, 4.69) is 4.98 Å². The van der Waals surface area contributed by atoms with Crippen LogP contribution in [0.3, 0.4) is 0 Å². The number of fused-ring (bicyclic) bond motifs is 1. The second kappa shape index (κ2) is 7.86. The first-order valence-corrected chi connectivity index (χ1v) is 10.1. The summed E-state index contributed by atoms with van der Waals surface area (Å²) >= 11 is 0. The van der Waals surface area contributed by atoms with E-state index in [9.17, 15) is 14.7 Å². The molecule has 8 nitrogen and oxygen atoms in total. The normalized spacial score (nSPS) is 13.6. The number of aromatic hydroxyl groups is 1. The Morgan fingerprint density at radius 2 is 1.90 bits per heavy atom. The molecule has 162 valence electrons. The lowest BCUT2D eigenvalue weighted by Crippen LogP contribution is -2.41. The highest BCUT2D eigenvalue weighted by Gasteiger charge is 2.28. The fourth-order valence-electron chi connectivity index (χ4n) is 3.87. The van der Waals surface area contributed by atoms with Crippen molar-refractivity contribution in [2.45, 2.75) is 39.2 Å². The Balaban J connectivity index is 1.65. The van der Waals surface area contributed by atoms with Crippen molar-refractivity contribution in [3.05, 3.63) is 47.0 Å². The molecule has 1 fully saturated rings. The minimum atomic E-state index is -1.40. The molecule has 0 aliphatic heterocycles. The maximum atomic E-state index is 12.8. The molecule has 1 saturated carbocycles. The molecule has 2 aromatic carbocycles. The van der Waals surface area contributed by atoms with Gasteiger partial charge in [0.1, 0.15) is 17.2 Å².